The fourth-order valence-electron chi connectivity index (χ4n) is 7.46. The van der Waals surface area contributed by atoms with Crippen molar-refractivity contribution >= 4 is 5.78 Å². The Morgan fingerprint density at radius 1 is 1.17 bits per heavy atom. The van der Waals surface area contributed by atoms with Crippen molar-refractivity contribution in [1.82, 2.24) is 0 Å². The van der Waals surface area contributed by atoms with Crippen LogP contribution in [0.1, 0.15) is 72.6 Å². The van der Waals surface area contributed by atoms with E-state index < -0.39 is 0 Å². The maximum absolute atomic E-state index is 11.8. The van der Waals surface area contributed by atoms with E-state index in [1.165, 1.54) is 44.1 Å². The molecule has 3 saturated carbocycles. The van der Waals surface area contributed by atoms with Gasteiger partial charge in [0.1, 0.15) is 0 Å². The highest BCUT2D eigenvalue weighted by Gasteiger charge is 2.58. The first-order valence-corrected chi connectivity index (χ1v) is 10.3. The van der Waals surface area contributed by atoms with Gasteiger partial charge in [-0.25, -0.2) is 0 Å². The molecule has 0 aromatic heterocycles. The van der Waals surface area contributed by atoms with Crippen molar-refractivity contribution in [3.8, 4) is 0 Å². The molecule has 0 aliphatic heterocycles. The molecule has 0 heterocycles. The number of fused-ring (bicyclic) bond motifs is 5. The number of hydrogen-bond donors (Lipinski definition) is 0. The molecule has 3 fully saturated rings. The van der Waals surface area contributed by atoms with Crippen molar-refractivity contribution in [3.63, 3.8) is 0 Å². The number of ketones is 1. The first-order chi connectivity index (χ1) is 11.4. The van der Waals surface area contributed by atoms with Crippen LogP contribution in [0.5, 0.6) is 0 Å². The summed E-state index contributed by atoms with van der Waals surface area (Å²) in [5, 5.41) is 0. The standard InChI is InChI=1S/C23H34O/c1-5-15(2)19-8-9-20-18-7-6-16-14-17(24)10-12-22(16,3)21(18)11-13-23(19,20)4/h10,12,14-15,18-21H,5-9,11,13H2,1-4H3/t15-,18?,19-,20?,21?,22+,23-/m1/s1. The monoisotopic (exact) mass is 326 g/mol. The molecular formula is C23H34O. The van der Waals surface area contributed by atoms with Gasteiger partial charge in [-0.1, -0.05) is 45.8 Å². The van der Waals surface area contributed by atoms with Crippen molar-refractivity contribution in [3.05, 3.63) is 23.8 Å². The summed E-state index contributed by atoms with van der Waals surface area (Å²) in [4.78, 5) is 11.8. The molecule has 0 spiro atoms. The molecular weight excluding hydrogens is 292 g/mol. The van der Waals surface area contributed by atoms with Crippen molar-refractivity contribution in [2.24, 2.45) is 40.4 Å². The SMILES string of the molecule is CC[C@@H](C)[C@H]1CCC2C3CCC4=CC(=O)C=C[C@]4(C)C3CC[C@@]21C. The highest BCUT2D eigenvalue weighted by molar-refractivity contribution is 6.01. The van der Waals surface area contributed by atoms with Crippen LogP contribution in [-0.2, 0) is 4.79 Å². The van der Waals surface area contributed by atoms with Gasteiger partial charge < -0.3 is 0 Å². The summed E-state index contributed by atoms with van der Waals surface area (Å²) in [5.41, 5.74) is 2.16. The molecule has 1 nitrogen and oxygen atoms in total. The maximum Gasteiger partial charge on any atom is 0.178 e. The molecule has 1 heteroatoms. The Morgan fingerprint density at radius 3 is 2.71 bits per heavy atom. The molecule has 4 aliphatic carbocycles. The molecule has 3 unspecified atom stereocenters. The van der Waals surface area contributed by atoms with Crippen LogP contribution in [0.3, 0.4) is 0 Å². The lowest BCUT2D eigenvalue weighted by molar-refractivity contribution is -0.111. The van der Waals surface area contributed by atoms with Gasteiger partial charge in [-0.3, -0.25) is 4.79 Å². The van der Waals surface area contributed by atoms with Gasteiger partial charge in [0.2, 0.25) is 0 Å². The Kier molecular flexibility index (Phi) is 3.86. The molecule has 7 atom stereocenters. The zero-order valence-electron chi connectivity index (χ0n) is 16.0. The summed E-state index contributed by atoms with van der Waals surface area (Å²) in [7, 11) is 0. The third-order valence-corrected chi connectivity index (χ3v) is 8.96. The Morgan fingerprint density at radius 2 is 1.96 bits per heavy atom. The van der Waals surface area contributed by atoms with Crippen LogP contribution in [0.2, 0.25) is 0 Å². The summed E-state index contributed by atoms with van der Waals surface area (Å²) >= 11 is 0. The molecule has 0 radical (unpaired) electrons. The number of carbonyl (C=O) groups excluding carboxylic acids is 1. The topological polar surface area (TPSA) is 17.1 Å². The largest absolute Gasteiger partial charge is 0.290 e. The second-order valence-corrected chi connectivity index (χ2v) is 9.72. The van der Waals surface area contributed by atoms with Crippen molar-refractivity contribution in [2.75, 3.05) is 0 Å². The minimum absolute atomic E-state index is 0.159. The van der Waals surface area contributed by atoms with Crippen molar-refractivity contribution in [2.45, 2.75) is 72.6 Å². The van der Waals surface area contributed by atoms with Crippen LogP contribution in [0.25, 0.3) is 0 Å². The number of hydrogen-bond acceptors (Lipinski definition) is 1. The van der Waals surface area contributed by atoms with E-state index in [0.717, 1.165) is 36.0 Å². The van der Waals surface area contributed by atoms with E-state index in [1.807, 2.05) is 12.2 Å². The molecule has 0 aromatic rings. The van der Waals surface area contributed by atoms with E-state index in [1.54, 1.807) is 0 Å². The van der Waals surface area contributed by atoms with Gasteiger partial charge in [0.15, 0.2) is 5.78 Å². The van der Waals surface area contributed by atoms with Crippen LogP contribution < -0.4 is 0 Å². The van der Waals surface area contributed by atoms with Gasteiger partial charge in [-0.15, -0.1) is 0 Å². The number of carbonyl (C=O) groups is 1. The molecule has 4 aliphatic rings. The fourth-order valence-corrected chi connectivity index (χ4v) is 7.46. The predicted octanol–water partition coefficient (Wildman–Crippen LogP) is 5.96. The van der Waals surface area contributed by atoms with E-state index in [9.17, 15) is 4.79 Å². The van der Waals surface area contributed by atoms with E-state index in [-0.39, 0.29) is 11.2 Å². The number of rotatable bonds is 2. The lowest BCUT2D eigenvalue weighted by Crippen LogP contribution is -2.50. The highest BCUT2D eigenvalue weighted by atomic mass is 16.1. The molecule has 0 amide bonds. The normalized spacial score (nSPS) is 48.3. The second kappa shape index (κ2) is 5.58. The van der Waals surface area contributed by atoms with Gasteiger partial charge in [0, 0.05) is 5.41 Å². The van der Waals surface area contributed by atoms with Crippen LogP contribution in [0, 0.1) is 40.4 Å². The third kappa shape index (κ3) is 2.15. The number of allylic oxidation sites excluding steroid dienone is 4. The average Bonchev–Trinajstić information content (AvgIpc) is 2.92. The van der Waals surface area contributed by atoms with Crippen LogP contribution in [-0.4, -0.2) is 5.78 Å². The van der Waals surface area contributed by atoms with Crippen LogP contribution in [0.15, 0.2) is 23.8 Å². The van der Waals surface area contributed by atoms with Crippen molar-refractivity contribution < 1.29 is 4.79 Å². The zero-order valence-corrected chi connectivity index (χ0v) is 16.0. The zero-order chi connectivity index (χ0) is 17.1. The Labute approximate surface area is 148 Å². The summed E-state index contributed by atoms with van der Waals surface area (Å²) in [6, 6.07) is 0. The Bertz CT molecular complexity index is 599. The van der Waals surface area contributed by atoms with Gasteiger partial charge in [0.05, 0.1) is 0 Å². The Balaban J connectivity index is 1.65. The van der Waals surface area contributed by atoms with Gasteiger partial charge >= 0.3 is 0 Å². The summed E-state index contributed by atoms with van der Waals surface area (Å²) < 4.78 is 0. The smallest absolute Gasteiger partial charge is 0.178 e. The Hall–Kier alpha value is -0.850. The maximum atomic E-state index is 11.8. The summed E-state index contributed by atoms with van der Waals surface area (Å²) in [6.45, 7) is 9.91. The van der Waals surface area contributed by atoms with Crippen molar-refractivity contribution in [1.29, 1.82) is 0 Å². The van der Waals surface area contributed by atoms with E-state index in [2.05, 4.69) is 33.8 Å². The average molecular weight is 327 g/mol. The molecule has 0 bridgehead atoms. The minimum Gasteiger partial charge on any atom is -0.290 e. The summed E-state index contributed by atoms with van der Waals surface area (Å²) in [6.07, 6.45) is 15.5. The quantitative estimate of drug-likeness (QED) is 0.612. The van der Waals surface area contributed by atoms with Gasteiger partial charge in [-0.2, -0.15) is 0 Å². The molecule has 132 valence electrons. The van der Waals surface area contributed by atoms with E-state index in [4.69, 9.17) is 0 Å². The highest BCUT2D eigenvalue weighted by Crippen LogP contribution is 2.67. The molecule has 24 heavy (non-hydrogen) atoms. The molecule has 0 N–H and O–H groups in total. The lowest BCUT2D eigenvalue weighted by atomic mass is 9.47. The molecule has 0 aromatic carbocycles. The van der Waals surface area contributed by atoms with E-state index in [0.29, 0.717) is 5.41 Å². The fraction of sp³-hybridized carbons (Fsp3) is 0.783. The molecule has 0 saturated heterocycles. The second-order valence-electron chi connectivity index (χ2n) is 9.72. The lowest BCUT2D eigenvalue weighted by Gasteiger charge is -2.57. The third-order valence-electron chi connectivity index (χ3n) is 8.96. The summed E-state index contributed by atoms with van der Waals surface area (Å²) in [5.74, 6) is 4.56. The van der Waals surface area contributed by atoms with Crippen LogP contribution in [0.4, 0.5) is 0 Å². The predicted molar refractivity (Wildman–Crippen MR) is 99.6 cm³/mol. The minimum atomic E-state index is 0.159. The van der Waals surface area contributed by atoms with Crippen LogP contribution >= 0.6 is 0 Å². The van der Waals surface area contributed by atoms with E-state index >= 15 is 0 Å². The van der Waals surface area contributed by atoms with Gasteiger partial charge in [-0.05, 0) is 85.7 Å². The molecule has 4 rings (SSSR count). The first kappa shape index (κ1) is 16.6. The first-order valence-electron chi connectivity index (χ1n) is 10.3. The van der Waals surface area contributed by atoms with Gasteiger partial charge in [0.25, 0.3) is 0 Å².